The molecular formula is C16H21N3O. The molecule has 20 heavy (non-hydrogen) atoms. The number of unbranched alkanes of at least 4 members (excludes halogenated alkanes) is 3. The number of aromatic nitrogens is 2. The summed E-state index contributed by atoms with van der Waals surface area (Å²) in [5.74, 6) is 0. The molecule has 0 amide bonds. The molecule has 0 unspecified atom stereocenters. The summed E-state index contributed by atoms with van der Waals surface area (Å²) in [6.45, 7) is 1.41. The zero-order valence-corrected chi connectivity index (χ0v) is 11.7. The molecule has 4 nitrogen and oxygen atoms in total. The van der Waals surface area contributed by atoms with Crippen molar-refractivity contribution >= 4 is 0 Å². The summed E-state index contributed by atoms with van der Waals surface area (Å²) in [4.78, 5) is 11.8. The molecule has 1 aromatic carbocycles. The van der Waals surface area contributed by atoms with Crippen molar-refractivity contribution in [2.75, 3.05) is 6.54 Å². The zero-order chi connectivity index (χ0) is 14.2. The molecule has 0 bridgehead atoms. The Kier molecular flexibility index (Phi) is 5.50. The number of rotatable bonds is 7. The van der Waals surface area contributed by atoms with Crippen LogP contribution < -0.4 is 11.3 Å². The standard InChI is InChI=1S/C16H21N3O/c17-12-6-1-2-7-13-19-16(20)11-10-15(18-19)14-8-4-3-5-9-14/h3-5,8-11H,1-2,6-7,12-13,17H2. The average molecular weight is 271 g/mol. The van der Waals surface area contributed by atoms with Crippen LogP contribution in [-0.2, 0) is 6.54 Å². The van der Waals surface area contributed by atoms with E-state index in [-0.39, 0.29) is 5.56 Å². The van der Waals surface area contributed by atoms with Crippen LogP contribution in [0.1, 0.15) is 25.7 Å². The van der Waals surface area contributed by atoms with Gasteiger partial charge in [-0.05, 0) is 25.5 Å². The van der Waals surface area contributed by atoms with E-state index in [0.29, 0.717) is 6.54 Å². The topological polar surface area (TPSA) is 60.9 Å². The second-order valence-electron chi connectivity index (χ2n) is 4.85. The molecule has 106 valence electrons. The van der Waals surface area contributed by atoms with E-state index in [2.05, 4.69) is 5.10 Å². The van der Waals surface area contributed by atoms with Crippen LogP contribution in [0.25, 0.3) is 11.3 Å². The second kappa shape index (κ2) is 7.60. The maximum atomic E-state index is 11.8. The fourth-order valence-electron chi connectivity index (χ4n) is 2.13. The maximum absolute atomic E-state index is 11.8. The molecule has 2 aromatic rings. The lowest BCUT2D eigenvalue weighted by Crippen LogP contribution is -2.22. The monoisotopic (exact) mass is 271 g/mol. The third kappa shape index (κ3) is 4.03. The minimum atomic E-state index is -0.0384. The van der Waals surface area contributed by atoms with Crippen molar-refractivity contribution in [3.63, 3.8) is 0 Å². The minimum absolute atomic E-state index is 0.0384. The first-order valence-corrected chi connectivity index (χ1v) is 7.15. The van der Waals surface area contributed by atoms with Gasteiger partial charge in [0.05, 0.1) is 5.69 Å². The number of benzene rings is 1. The van der Waals surface area contributed by atoms with Crippen LogP contribution in [0, 0.1) is 0 Å². The first kappa shape index (κ1) is 14.5. The molecule has 4 heteroatoms. The van der Waals surface area contributed by atoms with Crippen LogP contribution in [0.3, 0.4) is 0 Å². The lowest BCUT2D eigenvalue weighted by Gasteiger charge is -2.07. The molecule has 0 radical (unpaired) electrons. The number of nitrogens with two attached hydrogens (primary N) is 1. The maximum Gasteiger partial charge on any atom is 0.266 e. The fourth-order valence-corrected chi connectivity index (χ4v) is 2.13. The molecule has 2 N–H and O–H groups in total. The number of hydrogen-bond acceptors (Lipinski definition) is 3. The lowest BCUT2D eigenvalue weighted by atomic mass is 10.1. The summed E-state index contributed by atoms with van der Waals surface area (Å²) in [6, 6.07) is 13.3. The minimum Gasteiger partial charge on any atom is -0.330 e. The van der Waals surface area contributed by atoms with Gasteiger partial charge in [-0.15, -0.1) is 0 Å². The van der Waals surface area contributed by atoms with Gasteiger partial charge >= 0.3 is 0 Å². The predicted octanol–water partition coefficient (Wildman–Crippen LogP) is 2.43. The molecule has 0 saturated heterocycles. The van der Waals surface area contributed by atoms with Gasteiger partial charge in [0.2, 0.25) is 0 Å². The van der Waals surface area contributed by atoms with Gasteiger partial charge in [0, 0.05) is 18.2 Å². The Balaban J connectivity index is 2.04. The Hall–Kier alpha value is -1.94. The van der Waals surface area contributed by atoms with E-state index in [1.165, 1.54) is 0 Å². The highest BCUT2D eigenvalue weighted by Crippen LogP contribution is 2.14. The Morgan fingerprint density at radius 2 is 1.70 bits per heavy atom. The molecule has 2 rings (SSSR count). The highest BCUT2D eigenvalue weighted by molar-refractivity contribution is 5.57. The van der Waals surface area contributed by atoms with Crippen LogP contribution in [0.4, 0.5) is 0 Å². The summed E-state index contributed by atoms with van der Waals surface area (Å²) in [7, 11) is 0. The van der Waals surface area contributed by atoms with E-state index in [1.54, 1.807) is 16.8 Å². The second-order valence-corrected chi connectivity index (χ2v) is 4.85. The number of hydrogen-bond donors (Lipinski definition) is 1. The van der Waals surface area contributed by atoms with Gasteiger partial charge in [-0.25, -0.2) is 4.68 Å². The average Bonchev–Trinajstić information content (AvgIpc) is 2.49. The molecular weight excluding hydrogens is 250 g/mol. The quantitative estimate of drug-likeness (QED) is 0.787. The Labute approximate surface area is 119 Å². The normalized spacial score (nSPS) is 10.7. The van der Waals surface area contributed by atoms with Crippen molar-refractivity contribution in [3.8, 4) is 11.3 Å². The van der Waals surface area contributed by atoms with Crippen molar-refractivity contribution in [1.82, 2.24) is 9.78 Å². The van der Waals surface area contributed by atoms with Gasteiger partial charge in [0.1, 0.15) is 0 Å². The summed E-state index contributed by atoms with van der Waals surface area (Å²) >= 11 is 0. The number of aryl methyl sites for hydroxylation is 1. The van der Waals surface area contributed by atoms with E-state index >= 15 is 0 Å². The van der Waals surface area contributed by atoms with E-state index in [9.17, 15) is 4.79 Å². The molecule has 0 saturated carbocycles. The first-order valence-electron chi connectivity index (χ1n) is 7.15. The van der Waals surface area contributed by atoms with Crippen LogP contribution in [-0.4, -0.2) is 16.3 Å². The highest BCUT2D eigenvalue weighted by atomic mass is 16.1. The molecule has 1 heterocycles. The van der Waals surface area contributed by atoms with Crippen LogP contribution in [0.15, 0.2) is 47.3 Å². The molecule has 0 aliphatic carbocycles. The Morgan fingerprint density at radius 1 is 0.950 bits per heavy atom. The number of nitrogens with zero attached hydrogens (tertiary/aromatic N) is 2. The summed E-state index contributed by atoms with van der Waals surface area (Å²) in [5, 5.41) is 4.44. The van der Waals surface area contributed by atoms with Gasteiger partial charge in [-0.1, -0.05) is 43.2 Å². The van der Waals surface area contributed by atoms with Crippen LogP contribution in [0.2, 0.25) is 0 Å². The summed E-state index contributed by atoms with van der Waals surface area (Å²) in [5.41, 5.74) is 7.30. The van der Waals surface area contributed by atoms with Crippen molar-refractivity contribution in [3.05, 3.63) is 52.8 Å². The highest BCUT2D eigenvalue weighted by Gasteiger charge is 2.02. The van der Waals surface area contributed by atoms with Gasteiger partial charge in [-0.2, -0.15) is 5.10 Å². The Morgan fingerprint density at radius 3 is 2.45 bits per heavy atom. The van der Waals surface area contributed by atoms with E-state index in [4.69, 9.17) is 5.73 Å². The van der Waals surface area contributed by atoms with Crippen molar-refractivity contribution in [1.29, 1.82) is 0 Å². The largest absolute Gasteiger partial charge is 0.330 e. The van der Waals surface area contributed by atoms with Crippen molar-refractivity contribution < 1.29 is 0 Å². The van der Waals surface area contributed by atoms with Gasteiger partial charge < -0.3 is 5.73 Å². The van der Waals surface area contributed by atoms with Crippen molar-refractivity contribution in [2.45, 2.75) is 32.2 Å². The lowest BCUT2D eigenvalue weighted by molar-refractivity contribution is 0.518. The third-order valence-corrected chi connectivity index (χ3v) is 3.26. The molecule has 1 aromatic heterocycles. The first-order chi connectivity index (χ1) is 9.81. The van der Waals surface area contributed by atoms with Crippen molar-refractivity contribution in [2.24, 2.45) is 5.73 Å². The van der Waals surface area contributed by atoms with Gasteiger partial charge in [0.15, 0.2) is 0 Å². The van der Waals surface area contributed by atoms with Gasteiger partial charge in [0.25, 0.3) is 5.56 Å². The van der Waals surface area contributed by atoms with E-state index in [0.717, 1.165) is 43.5 Å². The molecule has 0 fully saturated rings. The molecule has 0 aliphatic heterocycles. The SMILES string of the molecule is NCCCCCCn1nc(-c2ccccc2)ccc1=O. The van der Waals surface area contributed by atoms with Crippen LogP contribution in [0.5, 0.6) is 0 Å². The molecule has 0 aliphatic rings. The molecule has 0 spiro atoms. The third-order valence-electron chi connectivity index (χ3n) is 3.26. The zero-order valence-electron chi connectivity index (χ0n) is 11.7. The van der Waals surface area contributed by atoms with Gasteiger partial charge in [-0.3, -0.25) is 4.79 Å². The van der Waals surface area contributed by atoms with E-state index < -0.39 is 0 Å². The molecule has 0 atom stereocenters. The smallest absolute Gasteiger partial charge is 0.266 e. The van der Waals surface area contributed by atoms with E-state index in [1.807, 2.05) is 30.3 Å². The fraction of sp³-hybridized carbons (Fsp3) is 0.375. The summed E-state index contributed by atoms with van der Waals surface area (Å²) in [6.07, 6.45) is 4.21. The summed E-state index contributed by atoms with van der Waals surface area (Å²) < 4.78 is 1.56. The predicted molar refractivity (Wildman–Crippen MR) is 81.5 cm³/mol. The Bertz CT molecular complexity index is 578. The van der Waals surface area contributed by atoms with Crippen LogP contribution >= 0.6 is 0 Å².